The fraction of sp³-hybridized carbons (Fsp3) is 0.857. The molecular weight excluding hydrogens is 332 g/mol. The van der Waals surface area contributed by atoms with Crippen LogP contribution in [0.4, 0.5) is 0 Å². The molecule has 0 aromatic carbocycles. The molecule has 26 heavy (non-hydrogen) atoms. The molecule has 0 heterocycles. The molecule has 0 rings (SSSR count). The molecule has 0 aromatic heterocycles. The molecule has 0 aliphatic rings. The van der Waals surface area contributed by atoms with Crippen molar-refractivity contribution >= 4 is 5.97 Å². The summed E-state index contributed by atoms with van der Waals surface area (Å²) in [6.45, 7) is 7.38. The maximum absolute atomic E-state index is 11.8. The average molecular weight is 373 g/mol. The Morgan fingerprint density at radius 3 is 2.12 bits per heavy atom. The molecule has 0 aliphatic carbocycles. The normalized spacial score (nSPS) is 13.9. The first-order chi connectivity index (χ1) is 12.3. The monoisotopic (exact) mass is 372 g/mol. The van der Waals surface area contributed by atoms with Gasteiger partial charge in [-0.2, -0.15) is 0 Å². The van der Waals surface area contributed by atoms with Crippen LogP contribution in [0.25, 0.3) is 0 Å². The molecular formula is C21H40O5. The molecule has 1 atom stereocenters. The van der Waals surface area contributed by atoms with Gasteiger partial charge in [0.05, 0.1) is 31.7 Å². The zero-order chi connectivity index (χ0) is 20.0. The van der Waals surface area contributed by atoms with E-state index in [1.165, 1.54) is 31.3 Å². The molecule has 0 aromatic rings. The van der Waals surface area contributed by atoms with Crippen LogP contribution in [0.1, 0.15) is 72.6 Å². The number of rotatable bonds is 15. The zero-order valence-corrected chi connectivity index (χ0v) is 17.2. The third-order valence-corrected chi connectivity index (χ3v) is 4.91. The topological polar surface area (TPSA) is 87.0 Å². The summed E-state index contributed by atoms with van der Waals surface area (Å²) in [7, 11) is 0. The summed E-state index contributed by atoms with van der Waals surface area (Å²) in [6, 6.07) is 0. The minimum atomic E-state index is -1.17. The van der Waals surface area contributed by atoms with Gasteiger partial charge in [-0.15, -0.1) is 0 Å². The Hall–Kier alpha value is -0.910. The van der Waals surface area contributed by atoms with Crippen molar-refractivity contribution in [1.29, 1.82) is 0 Å². The second-order valence-electron chi connectivity index (χ2n) is 8.21. The number of allylic oxidation sites excluding steroid dienone is 1. The van der Waals surface area contributed by atoms with Crippen LogP contribution in [0.2, 0.25) is 0 Å². The quantitative estimate of drug-likeness (QED) is 0.303. The van der Waals surface area contributed by atoms with Crippen molar-refractivity contribution in [1.82, 2.24) is 0 Å². The van der Waals surface area contributed by atoms with E-state index in [1.54, 1.807) is 0 Å². The van der Waals surface area contributed by atoms with Gasteiger partial charge < -0.3 is 20.1 Å². The summed E-state index contributed by atoms with van der Waals surface area (Å²) in [4.78, 5) is 11.8. The van der Waals surface area contributed by atoms with E-state index in [2.05, 4.69) is 20.8 Å². The van der Waals surface area contributed by atoms with Gasteiger partial charge in [0.15, 0.2) is 0 Å². The fourth-order valence-corrected chi connectivity index (χ4v) is 2.69. The van der Waals surface area contributed by atoms with Crippen molar-refractivity contribution in [2.45, 2.75) is 72.6 Å². The van der Waals surface area contributed by atoms with Crippen molar-refractivity contribution < 1.29 is 24.9 Å². The van der Waals surface area contributed by atoms with Gasteiger partial charge in [-0.25, -0.2) is 0 Å². The third-order valence-electron chi connectivity index (χ3n) is 4.91. The van der Waals surface area contributed by atoms with Crippen LogP contribution in [-0.4, -0.2) is 47.7 Å². The average Bonchev–Trinajstić information content (AvgIpc) is 2.61. The molecule has 0 saturated heterocycles. The summed E-state index contributed by atoms with van der Waals surface area (Å²) in [5.74, 6) is 1.12. The van der Waals surface area contributed by atoms with E-state index in [-0.39, 0.29) is 13.0 Å². The van der Waals surface area contributed by atoms with E-state index in [0.29, 0.717) is 0 Å². The third kappa shape index (κ3) is 11.7. The van der Waals surface area contributed by atoms with Gasteiger partial charge in [0.1, 0.15) is 6.61 Å². The first-order valence-corrected chi connectivity index (χ1v) is 9.92. The Morgan fingerprint density at radius 2 is 1.58 bits per heavy atom. The Bertz CT molecular complexity index is 391. The number of hydrogen-bond donors (Lipinski definition) is 3. The zero-order valence-electron chi connectivity index (χ0n) is 17.2. The van der Waals surface area contributed by atoms with Gasteiger partial charge in [0.2, 0.25) is 0 Å². The fourth-order valence-electron chi connectivity index (χ4n) is 2.69. The molecule has 0 amide bonds. The highest BCUT2D eigenvalue weighted by Crippen LogP contribution is 2.19. The highest BCUT2D eigenvalue weighted by Gasteiger charge is 2.29. The molecule has 0 fully saturated rings. The Morgan fingerprint density at radius 1 is 1.00 bits per heavy atom. The van der Waals surface area contributed by atoms with Gasteiger partial charge >= 0.3 is 5.97 Å². The maximum atomic E-state index is 11.8. The molecule has 5 heteroatoms. The number of aliphatic hydroxyl groups excluding tert-OH is 3. The highest BCUT2D eigenvalue weighted by molar-refractivity contribution is 5.71. The van der Waals surface area contributed by atoms with Crippen LogP contribution in [-0.2, 0) is 9.53 Å². The molecule has 0 radical (unpaired) electrons. The molecule has 1 unspecified atom stereocenters. The van der Waals surface area contributed by atoms with Crippen molar-refractivity contribution in [3.63, 3.8) is 0 Å². The summed E-state index contributed by atoms with van der Waals surface area (Å²) in [6.07, 6.45) is 9.26. The number of carbonyl (C=O) groups excluding carboxylic acids is 1. The highest BCUT2D eigenvalue weighted by atomic mass is 16.5. The van der Waals surface area contributed by atoms with E-state index < -0.39 is 31.2 Å². The van der Waals surface area contributed by atoms with Crippen LogP contribution < -0.4 is 0 Å². The van der Waals surface area contributed by atoms with Crippen molar-refractivity contribution in [2.24, 2.45) is 17.3 Å². The lowest BCUT2D eigenvalue weighted by atomic mass is 9.93. The van der Waals surface area contributed by atoms with E-state index >= 15 is 0 Å². The molecule has 0 bridgehead atoms. The largest absolute Gasteiger partial charge is 0.465 e. The van der Waals surface area contributed by atoms with Crippen molar-refractivity contribution in [3.05, 3.63) is 11.6 Å². The summed E-state index contributed by atoms with van der Waals surface area (Å²) < 4.78 is 5.07. The number of aliphatic hydroxyl groups is 3. The smallest absolute Gasteiger partial charge is 0.309 e. The predicted molar refractivity (Wildman–Crippen MR) is 105 cm³/mol. The second kappa shape index (κ2) is 14.2. The lowest BCUT2D eigenvalue weighted by molar-refractivity contribution is -0.150. The number of carbonyl (C=O) groups is 1. The van der Waals surface area contributed by atoms with E-state index in [4.69, 9.17) is 4.74 Å². The van der Waals surface area contributed by atoms with Gasteiger partial charge in [-0.05, 0) is 31.6 Å². The van der Waals surface area contributed by atoms with Gasteiger partial charge in [-0.3, -0.25) is 4.79 Å². The second-order valence-corrected chi connectivity index (χ2v) is 8.21. The van der Waals surface area contributed by atoms with Crippen LogP contribution >= 0.6 is 0 Å². The Kier molecular flexibility index (Phi) is 13.7. The molecule has 0 spiro atoms. The van der Waals surface area contributed by atoms with E-state index in [0.717, 1.165) is 24.7 Å². The number of hydrogen-bond acceptors (Lipinski definition) is 5. The number of esters is 1. The Labute approximate surface area is 159 Å². The molecule has 154 valence electrons. The molecule has 0 aliphatic heterocycles. The van der Waals surface area contributed by atoms with Crippen molar-refractivity contribution in [3.8, 4) is 0 Å². The van der Waals surface area contributed by atoms with E-state index in [1.807, 2.05) is 13.0 Å². The Balaban J connectivity index is 4.00. The SMILES string of the molecule is C/C(=C\CC(=O)OCC(CO)(CO)CO)CCCC(C)CCCC(C)C. The van der Waals surface area contributed by atoms with Gasteiger partial charge in [-0.1, -0.05) is 58.1 Å². The van der Waals surface area contributed by atoms with Gasteiger partial charge in [0.25, 0.3) is 0 Å². The first kappa shape index (κ1) is 25.1. The van der Waals surface area contributed by atoms with Gasteiger partial charge in [0, 0.05) is 0 Å². The first-order valence-electron chi connectivity index (χ1n) is 9.92. The van der Waals surface area contributed by atoms with Crippen LogP contribution in [0.3, 0.4) is 0 Å². The predicted octanol–water partition coefficient (Wildman–Crippen LogP) is 3.46. The van der Waals surface area contributed by atoms with Crippen LogP contribution in [0.15, 0.2) is 11.6 Å². The van der Waals surface area contributed by atoms with Crippen LogP contribution in [0, 0.1) is 17.3 Å². The minimum Gasteiger partial charge on any atom is -0.465 e. The van der Waals surface area contributed by atoms with E-state index in [9.17, 15) is 20.1 Å². The molecule has 3 N–H and O–H groups in total. The molecule has 5 nitrogen and oxygen atoms in total. The lowest BCUT2D eigenvalue weighted by Gasteiger charge is -2.26. The standard InChI is InChI=1S/C21H40O5/c1-17(2)7-5-8-18(3)9-6-10-19(4)11-12-20(25)26-16-21(13-22,14-23)15-24/h11,17-18,22-24H,5-10,12-16H2,1-4H3/b19-11+. The summed E-state index contributed by atoms with van der Waals surface area (Å²) in [5.41, 5.74) is 0.00852. The van der Waals surface area contributed by atoms with Crippen LogP contribution in [0.5, 0.6) is 0 Å². The summed E-state index contributed by atoms with van der Waals surface area (Å²) in [5, 5.41) is 27.6. The number of ether oxygens (including phenoxy) is 1. The minimum absolute atomic E-state index is 0.175. The molecule has 0 saturated carbocycles. The summed E-state index contributed by atoms with van der Waals surface area (Å²) >= 11 is 0. The maximum Gasteiger partial charge on any atom is 0.309 e. The van der Waals surface area contributed by atoms with Crippen molar-refractivity contribution in [2.75, 3.05) is 26.4 Å². The lowest BCUT2D eigenvalue weighted by Crippen LogP contribution is -2.39.